The van der Waals surface area contributed by atoms with Crippen LogP contribution >= 0.6 is 15.9 Å². The van der Waals surface area contributed by atoms with Crippen LogP contribution < -0.4 is 9.81 Å². The Kier molecular flexibility index (Phi) is 5.57. The van der Waals surface area contributed by atoms with Crippen LogP contribution in [-0.2, 0) is 26.1 Å². The molecule has 0 N–H and O–H groups in total. The van der Waals surface area contributed by atoms with E-state index in [2.05, 4.69) is 20.7 Å². The number of ether oxygens (including phenoxy) is 1. The first-order valence-electron chi connectivity index (χ1n) is 8.04. The molecule has 2 aromatic carbocycles. The van der Waals surface area contributed by atoms with Gasteiger partial charge in [0, 0.05) is 15.9 Å². The second kappa shape index (κ2) is 7.76. The molecule has 0 amide bonds. The molecule has 0 aliphatic carbocycles. The molecule has 0 aliphatic rings. The van der Waals surface area contributed by atoms with Gasteiger partial charge in [0.1, 0.15) is 16.2 Å². The van der Waals surface area contributed by atoms with Crippen molar-refractivity contribution in [3.63, 3.8) is 0 Å². The quantitative estimate of drug-likeness (QED) is 0.322. The third kappa shape index (κ3) is 4.10. The molecule has 0 fully saturated rings. The van der Waals surface area contributed by atoms with Crippen molar-refractivity contribution in [1.29, 1.82) is 0 Å². The molecule has 0 radical (unpaired) electrons. The minimum Gasteiger partial charge on any atom is -0.469 e. The van der Waals surface area contributed by atoms with Crippen molar-refractivity contribution >= 4 is 43.0 Å². The maximum Gasteiger partial charge on any atom is 0.340 e. The Bertz CT molecular complexity index is 1210. The van der Waals surface area contributed by atoms with E-state index in [-0.39, 0.29) is 28.2 Å². The van der Waals surface area contributed by atoms with Crippen LogP contribution in [0.3, 0.4) is 0 Å². The lowest BCUT2D eigenvalue weighted by Gasteiger charge is -2.10. The summed E-state index contributed by atoms with van der Waals surface area (Å²) in [6.45, 7) is 1.68. The van der Waals surface area contributed by atoms with Gasteiger partial charge in [-0.3, -0.25) is 4.79 Å². The molecule has 0 atom stereocenters. The zero-order valence-electron chi connectivity index (χ0n) is 14.9. The molecule has 1 aromatic heterocycles. The predicted molar refractivity (Wildman–Crippen MR) is 105 cm³/mol. The van der Waals surface area contributed by atoms with Crippen LogP contribution in [0.4, 0.5) is 0 Å². The summed E-state index contributed by atoms with van der Waals surface area (Å²) in [5, 5.41) is 0.562. The molecule has 3 aromatic rings. The highest BCUT2D eigenvalue weighted by Gasteiger charge is 2.19. The van der Waals surface area contributed by atoms with E-state index in [1.54, 1.807) is 25.1 Å². The average molecular weight is 467 g/mol. The third-order valence-electron chi connectivity index (χ3n) is 4.12. The lowest BCUT2D eigenvalue weighted by molar-refractivity contribution is -0.139. The van der Waals surface area contributed by atoms with E-state index < -0.39 is 21.7 Å². The summed E-state index contributed by atoms with van der Waals surface area (Å²) in [6.07, 6.45) is -0.212. The Morgan fingerprint density at radius 2 is 1.82 bits per heavy atom. The van der Waals surface area contributed by atoms with Crippen LogP contribution in [-0.4, -0.2) is 21.5 Å². The van der Waals surface area contributed by atoms with Crippen molar-refractivity contribution in [1.82, 2.24) is 0 Å². The molecule has 0 saturated heterocycles. The maximum atomic E-state index is 12.4. The van der Waals surface area contributed by atoms with E-state index in [0.29, 0.717) is 10.9 Å². The van der Waals surface area contributed by atoms with Gasteiger partial charge in [-0.1, -0.05) is 15.9 Å². The molecule has 0 bridgehead atoms. The lowest BCUT2D eigenvalue weighted by atomic mass is 10.0. The smallest absolute Gasteiger partial charge is 0.340 e. The van der Waals surface area contributed by atoms with Gasteiger partial charge in [-0.15, -0.1) is 0 Å². The van der Waals surface area contributed by atoms with Gasteiger partial charge < -0.3 is 13.3 Å². The molecular formula is C19H15BrO7S. The van der Waals surface area contributed by atoms with E-state index in [9.17, 15) is 18.0 Å². The predicted octanol–water partition coefficient (Wildman–Crippen LogP) is 3.35. The number of halogens is 1. The second-order valence-electron chi connectivity index (χ2n) is 5.90. The third-order valence-corrected chi connectivity index (χ3v) is 5.91. The summed E-state index contributed by atoms with van der Waals surface area (Å²) >= 11 is 3.24. The Morgan fingerprint density at radius 1 is 1.14 bits per heavy atom. The number of carbonyl (C=O) groups excluding carboxylic acids is 1. The SMILES string of the molecule is COC(=O)Cc1c(C)c2ccc(OS(=O)(=O)c3ccc(Br)cc3)cc2oc1=O. The van der Waals surface area contributed by atoms with Crippen molar-refractivity contribution in [2.45, 2.75) is 18.2 Å². The van der Waals surface area contributed by atoms with Crippen LogP contribution in [0.5, 0.6) is 5.75 Å². The molecule has 0 aliphatic heterocycles. The highest BCUT2D eigenvalue weighted by molar-refractivity contribution is 9.10. The minimum absolute atomic E-state index is 0.00122. The second-order valence-corrected chi connectivity index (χ2v) is 8.36. The number of fused-ring (bicyclic) bond motifs is 1. The Morgan fingerprint density at radius 3 is 2.46 bits per heavy atom. The highest BCUT2D eigenvalue weighted by atomic mass is 79.9. The van der Waals surface area contributed by atoms with E-state index in [1.165, 1.54) is 31.4 Å². The van der Waals surface area contributed by atoms with Gasteiger partial charge in [-0.2, -0.15) is 8.42 Å². The minimum atomic E-state index is -4.05. The summed E-state index contributed by atoms with van der Waals surface area (Å²) in [6, 6.07) is 10.3. The summed E-state index contributed by atoms with van der Waals surface area (Å²) in [7, 11) is -2.82. The number of aryl methyl sites for hydroxylation is 1. The first-order valence-corrected chi connectivity index (χ1v) is 10.2. The standard InChI is InChI=1S/C19H15BrO7S/c1-11-15-8-5-13(27-28(23,24)14-6-3-12(20)4-7-14)9-17(15)26-19(22)16(11)10-18(21)25-2/h3-9H,10H2,1-2H3. The highest BCUT2D eigenvalue weighted by Crippen LogP contribution is 2.27. The summed E-state index contributed by atoms with van der Waals surface area (Å²) in [5.74, 6) is -0.561. The molecule has 0 spiro atoms. The van der Waals surface area contributed by atoms with E-state index in [4.69, 9.17) is 8.60 Å². The van der Waals surface area contributed by atoms with Crippen LogP contribution in [0.2, 0.25) is 0 Å². The molecule has 0 unspecified atom stereocenters. The fourth-order valence-corrected chi connectivity index (χ4v) is 3.81. The molecule has 9 heteroatoms. The maximum absolute atomic E-state index is 12.4. The van der Waals surface area contributed by atoms with Crippen molar-refractivity contribution in [3.8, 4) is 5.75 Å². The fraction of sp³-hybridized carbons (Fsp3) is 0.158. The summed E-state index contributed by atoms with van der Waals surface area (Å²) in [4.78, 5) is 23.7. The number of hydrogen-bond donors (Lipinski definition) is 0. The molecule has 7 nitrogen and oxygen atoms in total. The van der Waals surface area contributed by atoms with E-state index in [0.717, 1.165) is 4.47 Å². The van der Waals surface area contributed by atoms with Gasteiger partial charge in [0.25, 0.3) is 0 Å². The van der Waals surface area contributed by atoms with Crippen LogP contribution in [0.25, 0.3) is 11.0 Å². The first-order chi connectivity index (χ1) is 13.2. The lowest BCUT2D eigenvalue weighted by Crippen LogP contribution is -2.16. The zero-order chi connectivity index (χ0) is 20.5. The van der Waals surface area contributed by atoms with Crippen LogP contribution in [0, 0.1) is 6.92 Å². The molecule has 146 valence electrons. The Labute approximate surface area is 169 Å². The van der Waals surface area contributed by atoms with Gasteiger partial charge in [-0.05, 0) is 48.9 Å². The monoisotopic (exact) mass is 466 g/mol. The number of esters is 1. The van der Waals surface area contributed by atoms with Gasteiger partial charge in [0.05, 0.1) is 19.1 Å². The van der Waals surface area contributed by atoms with Crippen LogP contribution in [0.15, 0.2) is 61.0 Å². The van der Waals surface area contributed by atoms with E-state index in [1.807, 2.05) is 0 Å². The number of benzene rings is 2. The topological polar surface area (TPSA) is 99.9 Å². The van der Waals surface area contributed by atoms with Crippen molar-refractivity contribution < 1.29 is 26.5 Å². The zero-order valence-corrected chi connectivity index (χ0v) is 17.3. The molecule has 3 rings (SSSR count). The number of rotatable bonds is 5. The van der Waals surface area contributed by atoms with Crippen molar-refractivity contribution in [2.24, 2.45) is 0 Å². The number of carbonyl (C=O) groups is 1. The van der Waals surface area contributed by atoms with Gasteiger partial charge in [0.2, 0.25) is 0 Å². The fourth-order valence-electron chi connectivity index (χ4n) is 2.62. The molecule has 28 heavy (non-hydrogen) atoms. The summed E-state index contributed by atoms with van der Waals surface area (Å²) in [5.41, 5.74) is 0.206. The number of methoxy groups -OCH3 is 1. The van der Waals surface area contributed by atoms with Gasteiger partial charge in [0.15, 0.2) is 0 Å². The largest absolute Gasteiger partial charge is 0.469 e. The average Bonchev–Trinajstić information content (AvgIpc) is 2.64. The molecule has 0 saturated carbocycles. The number of hydrogen-bond acceptors (Lipinski definition) is 7. The first kappa shape index (κ1) is 20.1. The van der Waals surface area contributed by atoms with Crippen LogP contribution in [0.1, 0.15) is 11.1 Å². The van der Waals surface area contributed by atoms with Gasteiger partial charge in [-0.25, -0.2) is 4.79 Å². The van der Waals surface area contributed by atoms with Crippen molar-refractivity contribution in [2.75, 3.05) is 7.11 Å². The Hall–Kier alpha value is -2.65. The Balaban J connectivity index is 1.99. The normalized spacial score (nSPS) is 11.4. The summed E-state index contributed by atoms with van der Waals surface area (Å²) < 4.78 is 40.5. The molecule has 1 heterocycles. The van der Waals surface area contributed by atoms with E-state index >= 15 is 0 Å². The molecular weight excluding hydrogens is 452 g/mol. The van der Waals surface area contributed by atoms with Crippen molar-refractivity contribution in [3.05, 3.63) is 68.5 Å². The van der Waals surface area contributed by atoms with Gasteiger partial charge >= 0.3 is 21.7 Å².